The number of aliphatic imine (C=N–C) groups is 1. The molecule has 0 atom stereocenters. The summed E-state index contributed by atoms with van der Waals surface area (Å²) in [6, 6.07) is 0. The molecule has 0 saturated carbocycles. The predicted molar refractivity (Wildman–Crippen MR) is 36.8 cm³/mol. The van der Waals surface area contributed by atoms with Gasteiger partial charge in [0.2, 0.25) is 0 Å². The van der Waals surface area contributed by atoms with Crippen LogP contribution in [0.5, 0.6) is 0 Å². The van der Waals surface area contributed by atoms with Crippen LogP contribution in [0, 0.1) is 6.92 Å². The lowest BCUT2D eigenvalue weighted by atomic mass is 10.5. The Hall–Kier alpha value is -1.12. The van der Waals surface area contributed by atoms with Gasteiger partial charge in [-0.15, -0.1) is 0 Å². The number of rotatable bonds is 1. The molecule has 1 aromatic rings. The molecule has 0 aliphatic carbocycles. The standard InChI is InChI=1S/C6H9N3/c1-5-8-4-6(9-5)3-7-2/h3-4H,1-2H3,(H,8,9)/b7-3+. The highest BCUT2D eigenvalue weighted by molar-refractivity contribution is 5.76. The van der Waals surface area contributed by atoms with Crippen molar-refractivity contribution in [1.82, 2.24) is 9.97 Å². The summed E-state index contributed by atoms with van der Waals surface area (Å²) in [7, 11) is 1.73. The lowest BCUT2D eigenvalue weighted by Crippen LogP contribution is -1.78. The molecule has 1 aromatic heterocycles. The van der Waals surface area contributed by atoms with E-state index in [4.69, 9.17) is 0 Å². The molecule has 1 rings (SSSR count). The molecule has 0 aliphatic rings. The Morgan fingerprint density at radius 1 is 1.78 bits per heavy atom. The van der Waals surface area contributed by atoms with Crippen LogP contribution in [0.4, 0.5) is 0 Å². The largest absolute Gasteiger partial charge is 0.348 e. The Labute approximate surface area is 53.9 Å². The van der Waals surface area contributed by atoms with Gasteiger partial charge in [0.05, 0.1) is 5.69 Å². The predicted octanol–water partition coefficient (Wildman–Crippen LogP) is 0.767. The Morgan fingerprint density at radius 2 is 2.56 bits per heavy atom. The van der Waals surface area contributed by atoms with Crippen molar-refractivity contribution in [3.63, 3.8) is 0 Å². The van der Waals surface area contributed by atoms with Crippen LogP contribution in [0.25, 0.3) is 0 Å². The summed E-state index contributed by atoms with van der Waals surface area (Å²) >= 11 is 0. The molecule has 0 saturated heterocycles. The third-order valence-electron chi connectivity index (χ3n) is 0.987. The lowest BCUT2D eigenvalue weighted by molar-refractivity contribution is 1.15. The van der Waals surface area contributed by atoms with Crippen molar-refractivity contribution < 1.29 is 0 Å². The second kappa shape index (κ2) is 2.44. The van der Waals surface area contributed by atoms with Crippen molar-refractivity contribution in [3.8, 4) is 0 Å². The monoisotopic (exact) mass is 123 g/mol. The summed E-state index contributed by atoms with van der Waals surface area (Å²) in [6.07, 6.45) is 3.53. The molecule has 48 valence electrons. The minimum Gasteiger partial charge on any atom is -0.348 e. The van der Waals surface area contributed by atoms with E-state index in [0.717, 1.165) is 11.5 Å². The minimum absolute atomic E-state index is 0.884. The number of aryl methyl sites for hydroxylation is 1. The van der Waals surface area contributed by atoms with Gasteiger partial charge in [0.15, 0.2) is 0 Å². The zero-order chi connectivity index (χ0) is 6.69. The second-order valence-corrected chi connectivity index (χ2v) is 1.80. The highest BCUT2D eigenvalue weighted by Gasteiger charge is 1.89. The van der Waals surface area contributed by atoms with Gasteiger partial charge in [-0.05, 0) is 6.92 Å². The molecular weight excluding hydrogens is 114 g/mol. The Morgan fingerprint density at radius 3 is 3.00 bits per heavy atom. The van der Waals surface area contributed by atoms with Crippen LogP contribution < -0.4 is 0 Å². The van der Waals surface area contributed by atoms with Crippen LogP contribution in [-0.2, 0) is 0 Å². The van der Waals surface area contributed by atoms with Gasteiger partial charge in [-0.1, -0.05) is 0 Å². The number of hydrogen-bond donors (Lipinski definition) is 1. The van der Waals surface area contributed by atoms with Crippen LogP contribution in [-0.4, -0.2) is 23.2 Å². The average Bonchev–Trinajstić information content (AvgIpc) is 2.17. The quantitative estimate of drug-likeness (QED) is 0.550. The molecular formula is C6H9N3. The van der Waals surface area contributed by atoms with E-state index in [9.17, 15) is 0 Å². The fraction of sp³-hybridized carbons (Fsp3) is 0.333. The Bertz CT molecular complexity index is 212. The van der Waals surface area contributed by atoms with E-state index in [0.29, 0.717) is 0 Å². The molecule has 9 heavy (non-hydrogen) atoms. The minimum atomic E-state index is 0.884. The number of nitrogens with one attached hydrogen (secondary N) is 1. The van der Waals surface area contributed by atoms with E-state index >= 15 is 0 Å². The summed E-state index contributed by atoms with van der Waals surface area (Å²) in [6.45, 7) is 1.91. The van der Waals surface area contributed by atoms with Crippen LogP contribution in [0.3, 0.4) is 0 Å². The first-order valence-corrected chi connectivity index (χ1v) is 2.77. The van der Waals surface area contributed by atoms with E-state index in [1.165, 1.54) is 0 Å². The molecule has 1 heterocycles. The first kappa shape index (κ1) is 6.01. The fourth-order valence-electron chi connectivity index (χ4n) is 0.635. The van der Waals surface area contributed by atoms with Gasteiger partial charge < -0.3 is 4.98 Å². The van der Waals surface area contributed by atoms with Crippen molar-refractivity contribution in [1.29, 1.82) is 0 Å². The summed E-state index contributed by atoms with van der Waals surface area (Å²) in [5, 5.41) is 0. The highest BCUT2D eigenvalue weighted by Crippen LogP contribution is 1.89. The van der Waals surface area contributed by atoms with Crippen molar-refractivity contribution in [2.24, 2.45) is 4.99 Å². The third kappa shape index (κ3) is 1.38. The molecule has 0 unspecified atom stereocenters. The van der Waals surface area contributed by atoms with Crippen molar-refractivity contribution in [2.45, 2.75) is 6.92 Å². The SMILES string of the molecule is C/N=C/c1c[nH]c(C)n1. The summed E-state index contributed by atoms with van der Waals surface area (Å²) in [4.78, 5) is 10.9. The van der Waals surface area contributed by atoms with Gasteiger partial charge in [0, 0.05) is 19.5 Å². The second-order valence-electron chi connectivity index (χ2n) is 1.80. The lowest BCUT2D eigenvalue weighted by Gasteiger charge is -1.75. The van der Waals surface area contributed by atoms with Gasteiger partial charge in [0.25, 0.3) is 0 Å². The molecule has 0 aromatic carbocycles. The van der Waals surface area contributed by atoms with E-state index in [1.807, 2.05) is 13.1 Å². The van der Waals surface area contributed by atoms with Gasteiger partial charge in [-0.25, -0.2) is 4.98 Å². The van der Waals surface area contributed by atoms with Crippen molar-refractivity contribution >= 4 is 6.21 Å². The number of imidazole rings is 1. The number of aromatic amines is 1. The van der Waals surface area contributed by atoms with Crippen LogP contribution >= 0.6 is 0 Å². The number of aromatic nitrogens is 2. The summed E-state index contributed by atoms with van der Waals surface area (Å²) in [5.74, 6) is 0.921. The fourth-order valence-corrected chi connectivity index (χ4v) is 0.635. The molecule has 1 N–H and O–H groups in total. The Kier molecular flexibility index (Phi) is 1.63. The summed E-state index contributed by atoms with van der Waals surface area (Å²) in [5.41, 5.74) is 0.884. The Balaban J connectivity index is 2.85. The first-order valence-electron chi connectivity index (χ1n) is 2.77. The normalized spacial score (nSPS) is 10.9. The van der Waals surface area contributed by atoms with Gasteiger partial charge in [-0.3, -0.25) is 4.99 Å². The molecule has 0 aliphatic heterocycles. The van der Waals surface area contributed by atoms with Crippen LogP contribution in [0.2, 0.25) is 0 Å². The van der Waals surface area contributed by atoms with Gasteiger partial charge in [0.1, 0.15) is 5.82 Å². The average molecular weight is 123 g/mol. The van der Waals surface area contributed by atoms with Gasteiger partial charge >= 0.3 is 0 Å². The van der Waals surface area contributed by atoms with E-state index in [-0.39, 0.29) is 0 Å². The van der Waals surface area contributed by atoms with E-state index < -0.39 is 0 Å². The zero-order valence-corrected chi connectivity index (χ0v) is 5.55. The maximum atomic E-state index is 4.10. The van der Waals surface area contributed by atoms with Crippen LogP contribution in [0.15, 0.2) is 11.2 Å². The molecule has 0 radical (unpaired) electrons. The third-order valence-corrected chi connectivity index (χ3v) is 0.987. The molecule has 0 bridgehead atoms. The molecule has 0 spiro atoms. The first-order chi connectivity index (χ1) is 4.33. The van der Waals surface area contributed by atoms with Crippen molar-refractivity contribution in [3.05, 3.63) is 17.7 Å². The van der Waals surface area contributed by atoms with E-state index in [2.05, 4.69) is 15.0 Å². The van der Waals surface area contributed by atoms with E-state index in [1.54, 1.807) is 13.3 Å². The van der Waals surface area contributed by atoms with Gasteiger partial charge in [-0.2, -0.15) is 0 Å². The number of nitrogens with zero attached hydrogens (tertiary/aromatic N) is 2. The summed E-state index contributed by atoms with van der Waals surface area (Å²) < 4.78 is 0. The molecule has 0 amide bonds. The van der Waals surface area contributed by atoms with Crippen LogP contribution in [0.1, 0.15) is 11.5 Å². The molecule has 3 heteroatoms. The topological polar surface area (TPSA) is 41.0 Å². The zero-order valence-electron chi connectivity index (χ0n) is 5.55. The molecule has 0 fully saturated rings. The van der Waals surface area contributed by atoms with Crippen molar-refractivity contribution in [2.75, 3.05) is 7.05 Å². The molecule has 3 nitrogen and oxygen atoms in total. The maximum absolute atomic E-state index is 4.10. The number of hydrogen-bond acceptors (Lipinski definition) is 2. The highest BCUT2D eigenvalue weighted by atomic mass is 14.9. The number of H-pyrrole nitrogens is 1. The maximum Gasteiger partial charge on any atom is 0.103 e. The smallest absolute Gasteiger partial charge is 0.103 e.